The second-order valence-electron chi connectivity index (χ2n) is 10.5. The van der Waals surface area contributed by atoms with Gasteiger partial charge in [-0.3, -0.25) is 4.90 Å². The lowest BCUT2D eigenvalue weighted by atomic mass is 9.74. The molecule has 3 aromatic rings. The minimum Gasteiger partial charge on any atom is -0.444 e. The third kappa shape index (κ3) is 4.01. The molecule has 0 spiro atoms. The lowest BCUT2D eigenvalue weighted by molar-refractivity contribution is -0.0171. The van der Waals surface area contributed by atoms with E-state index in [1.54, 1.807) is 0 Å². The first kappa shape index (κ1) is 22.7. The Labute approximate surface area is 203 Å². The molecular formula is C30H34N2O2. The number of hydrogen-bond donors (Lipinski definition) is 0. The summed E-state index contributed by atoms with van der Waals surface area (Å²) in [7, 11) is 0. The molecule has 176 valence electrons. The van der Waals surface area contributed by atoms with E-state index in [-0.39, 0.29) is 18.2 Å². The van der Waals surface area contributed by atoms with Gasteiger partial charge in [0.15, 0.2) is 0 Å². The zero-order chi connectivity index (χ0) is 23.8. The van der Waals surface area contributed by atoms with Crippen LogP contribution in [0, 0.1) is 0 Å². The average Bonchev–Trinajstić information content (AvgIpc) is 3.09. The maximum atomic E-state index is 13.0. The number of piperazine rings is 1. The fourth-order valence-corrected chi connectivity index (χ4v) is 5.91. The molecule has 0 saturated carbocycles. The van der Waals surface area contributed by atoms with Crippen LogP contribution >= 0.6 is 0 Å². The summed E-state index contributed by atoms with van der Waals surface area (Å²) in [5.74, 6) is 0. The minimum atomic E-state index is -0.491. The van der Waals surface area contributed by atoms with Crippen LogP contribution in [-0.2, 0) is 10.3 Å². The number of carbonyl (C=O) groups is 1. The van der Waals surface area contributed by atoms with Crippen LogP contribution in [-0.4, -0.2) is 46.7 Å². The van der Waals surface area contributed by atoms with Crippen LogP contribution in [0.25, 0.3) is 0 Å². The highest BCUT2D eigenvalue weighted by molar-refractivity contribution is 5.68. The summed E-state index contributed by atoms with van der Waals surface area (Å²) in [6, 6.07) is 33.0. The fourth-order valence-electron chi connectivity index (χ4n) is 5.91. The number of nitrogens with zero attached hydrogens (tertiary/aromatic N) is 2. The molecule has 5 rings (SSSR count). The Kier molecular flexibility index (Phi) is 5.95. The number of hydrogen-bond acceptors (Lipinski definition) is 3. The first-order chi connectivity index (χ1) is 16.4. The summed E-state index contributed by atoms with van der Waals surface area (Å²) in [5.41, 5.74) is 2.85. The summed E-state index contributed by atoms with van der Waals surface area (Å²) in [6.07, 6.45) is 1.94. The largest absolute Gasteiger partial charge is 0.444 e. The maximum absolute atomic E-state index is 13.0. The highest BCUT2D eigenvalue weighted by atomic mass is 16.6. The predicted molar refractivity (Wildman–Crippen MR) is 136 cm³/mol. The third-order valence-corrected chi connectivity index (χ3v) is 7.10. The van der Waals surface area contributed by atoms with Gasteiger partial charge in [0.1, 0.15) is 5.60 Å². The summed E-state index contributed by atoms with van der Waals surface area (Å²) >= 11 is 0. The van der Waals surface area contributed by atoms with Gasteiger partial charge in [0.2, 0.25) is 0 Å². The van der Waals surface area contributed by atoms with Gasteiger partial charge in [0, 0.05) is 25.2 Å². The molecule has 2 saturated heterocycles. The van der Waals surface area contributed by atoms with E-state index in [9.17, 15) is 4.79 Å². The lowest BCUT2D eigenvalue weighted by Gasteiger charge is -2.53. The molecule has 3 aromatic carbocycles. The van der Waals surface area contributed by atoms with Crippen LogP contribution in [0.1, 0.15) is 50.3 Å². The normalized spacial score (nSPS) is 20.9. The van der Waals surface area contributed by atoms with E-state index in [0.29, 0.717) is 13.1 Å². The number of likely N-dealkylation sites (tertiary alicyclic amines) is 1. The Bertz CT molecular complexity index is 998. The summed E-state index contributed by atoms with van der Waals surface area (Å²) in [5, 5.41) is 0. The summed E-state index contributed by atoms with van der Waals surface area (Å²) in [4.78, 5) is 17.6. The van der Waals surface area contributed by atoms with Crippen molar-refractivity contribution in [1.82, 2.24) is 9.80 Å². The van der Waals surface area contributed by atoms with E-state index in [2.05, 4.69) is 95.9 Å². The quantitative estimate of drug-likeness (QED) is 0.449. The Morgan fingerprint density at radius 2 is 1.09 bits per heavy atom. The molecule has 0 aromatic heterocycles. The van der Waals surface area contributed by atoms with Gasteiger partial charge in [-0.15, -0.1) is 0 Å². The van der Waals surface area contributed by atoms with Crippen molar-refractivity contribution < 1.29 is 9.53 Å². The molecule has 2 atom stereocenters. The number of ether oxygens (including phenoxy) is 1. The summed E-state index contributed by atoms with van der Waals surface area (Å²) in [6.45, 7) is 7.16. The average molecular weight is 455 g/mol. The van der Waals surface area contributed by atoms with Crippen molar-refractivity contribution in [2.75, 3.05) is 13.1 Å². The van der Waals surface area contributed by atoms with Gasteiger partial charge in [-0.2, -0.15) is 0 Å². The van der Waals surface area contributed by atoms with E-state index in [4.69, 9.17) is 4.74 Å². The second-order valence-corrected chi connectivity index (χ2v) is 10.5. The van der Waals surface area contributed by atoms with Crippen LogP contribution in [0.3, 0.4) is 0 Å². The van der Waals surface area contributed by atoms with Gasteiger partial charge in [-0.05, 0) is 50.3 Å². The molecule has 2 aliphatic heterocycles. The molecule has 0 radical (unpaired) electrons. The van der Waals surface area contributed by atoms with Gasteiger partial charge in [-0.25, -0.2) is 4.79 Å². The molecule has 4 heteroatoms. The number of amides is 1. The molecule has 2 bridgehead atoms. The van der Waals surface area contributed by atoms with Gasteiger partial charge < -0.3 is 9.64 Å². The second kappa shape index (κ2) is 8.92. The molecule has 0 unspecified atom stereocenters. The third-order valence-electron chi connectivity index (χ3n) is 7.10. The molecule has 0 N–H and O–H groups in total. The predicted octanol–water partition coefficient (Wildman–Crippen LogP) is 6.06. The smallest absolute Gasteiger partial charge is 0.410 e. The van der Waals surface area contributed by atoms with Crippen molar-refractivity contribution in [2.24, 2.45) is 0 Å². The fraction of sp³-hybridized carbons (Fsp3) is 0.367. The SMILES string of the molecule is CC(C)(C)OC(=O)N1C[C@H]2CC[C@@H](C1)N2C(c1ccccc1)(c1ccccc1)c1ccccc1. The number of benzene rings is 3. The Hall–Kier alpha value is -3.11. The van der Waals surface area contributed by atoms with E-state index in [1.165, 1.54) is 16.7 Å². The lowest BCUT2D eigenvalue weighted by Crippen LogP contribution is -2.63. The monoisotopic (exact) mass is 454 g/mol. The van der Waals surface area contributed by atoms with Crippen molar-refractivity contribution in [1.29, 1.82) is 0 Å². The zero-order valence-electron chi connectivity index (χ0n) is 20.4. The Morgan fingerprint density at radius 3 is 1.44 bits per heavy atom. The van der Waals surface area contributed by atoms with Gasteiger partial charge in [0.05, 0.1) is 5.54 Å². The number of carbonyl (C=O) groups excluding carboxylic acids is 1. The topological polar surface area (TPSA) is 32.8 Å². The van der Waals surface area contributed by atoms with Gasteiger partial charge >= 0.3 is 6.09 Å². The zero-order valence-corrected chi connectivity index (χ0v) is 20.4. The van der Waals surface area contributed by atoms with Crippen molar-refractivity contribution >= 4 is 6.09 Å². The standard InChI is InChI=1S/C30H34N2O2/c1-29(2,3)34-28(33)31-21-26-19-20-27(22-31)32(26)30(23-13-7-4-8-14-23,24-15-9-5-10-16-24)25-17-11-6-12-18-25/h4-18,26-27H,19-22H2,1-3H3/t26-,27+. The van der Waals surface area contributed by atoms with E-state index in [1.807, 2.05) is 25.7 Å². The Balaban J connectivity index is 1.64. The minimum absolute atomic E-state index is 0.200. The van der Waals surface area contributed by atoms with E-state index >= 15 is 0 Å². The number of fused-ring (bicyclic) bond motifs is 2. The van der Waals surface area contributed by atoms with Crippen molar-refractivity contribution in [3.05, 3.63) is 108 Å². The van der Waals surface area contributed by atoms with E-state index < -0.39 is 11.1 Å². The molecule has 4 nitrogen and oxygen atoms in total. The maximum Gasteiger partial charge on any atom is 0.410 e. The summed E-state index contributed by atoms with van der Waals surface area (Å²) < 4.78 is 5.74. The molecule has 34 heavy (non-hydrogen) atoms. The molecule has 0 aliphatic carbocycles. The van der Waals surface area contributed by atoms with Crippen LogP contribution in [0.5, 0.6) is 0 Å². The van der Waals surface area contributed by atoms with Crippen molar-refractivity contribution in [3.8, 4) is 0 Å². The molecule has 1 amide bonds. The highest BCUT2D eigenvalue weighted by Gasteiger charge is 2.54. The molecule has 2 heterocycles. The highest BCUT2D eigenvalue weighted by Crippen LogP contribution is 2.49. The van der Waals surface area contributed by atoms with Gasteiger partial charge in [0.25, 0.3) is 0 Å². The first-order valence-corrected chi connectivity index (χ1v) is 12.3. The Morgan fingerprint density at radius 1 is 0.706 bits per heavy atom. The van der Waals surface area contributed by atoms with Crippen molar-refractivity contribution in [3.63, 3.8) is 0 Å². The van der Waals surface area contributed by atoms with Crippen LogP contribution in [0.15, 0.2) is 91.0 Å². The van der Waals surface area contributed by atoms with Crippen LogP contribution in [0.2, 0.25) is 0 Å². The van der Waals surface area contributed by atoms with E-state index in [0.717, 1.165) is 12.8 Å². The molecule has 2 fully saturated rings. The molecule has 2 aliphatic rings. The van der Waals surface area contributed by atoms with Crippen LogP contribution < -0.4 is 0 Å². The molecular weight excluding hydrogens is 420 g/mol. The van der Waals surface area contributed by atoms with Crippen LogP contribution in [0.4, 0.5) is 4.79 Å². The van der Waals surface area contributed by atoms with Gasteiger partial charge in [-0.1, -0.05) is 91.0 Å². The first-order valence-electron chi connectivity index (χ1n) is 12.3. The van der Waals surface area contributed by atoms with Crippen molar-refractivity contribution in [2.45, 2.75) is 56.8 Å². The number of rotatable bonds is 4.